The lowest BCUT2D eigenvalue weighted by atomic mass is 10.1. The van der Waals surface area contributed by atoms with E-state index in [-0.39, 0.29) is 5.92 Å². The number of nitrogens with zero attached hydrogens (tertiary/aromatic N) is 3. The van der Waals surface area contributed by atoms with Crippen LogP contribution in [0.5, 0.6) is 0 Å². The Morgan fingerprint density at radius 3 is 2.62 bits per heavy atom. The number of amides is 1. The molecule has 0 aromatic heterocycles. The first-order valence-corrected chi connectivity index (χ1v) is 9.17. The summed E-state index contributed by atoms with van der Waals surface area (Å²) in [7, 11) is 2.18. The predicted octanol–water partition coefficient (Wildman–Crippen LogP) is 0.872. The van der Waals surface area contributed by atoms with Gasteiger partial charge in [0.25, 0.3) is 0 Å². The van der Waals surface area contributed by atoms with E-state index in [0.717, 1.165) is 65.3 Å². The molecule has 0 radical (unpaired) electrons. The highest BCUT2D eigenvalue weighted by atomic mass is 16.2. The van der Waals surface area contributed by atoms with Gasteiger partial charge in [-0.15, -0.1) is 0 Å². The zero-order valence-electron chi connectivity index (χ0n) is 14.8. The Hall–Kier alpha value is -1.43. The number of benzene rings is 1. The molecule has 1 atom stereocenters. The average molecular weight is 330 g/mol. The van der Waals surface area contributed by atoms with E-state index in [2.05, 4.69) is 57.4 Å². The van der Waals surface area contributed by atoms with Crippen molar-refractivity contribution in [3.63, 3.8) is 0 Å². The number of rotatable bonds is 6. The lowest BCUT2D eigenvalue weighted by molar-refractivity contribution is -0.136. The van der Waals surface area contributed by atoms with Crippen molar-refractivity contribution in [2.45, 2.75) is 13.0 Å². The predicted molar refractivity (Wildman–Crippen MR) is 96.8 cm³/mol. The maximum Gasteiger partial charge on any atom is 0.227 e. The van der Waals surface area contributed by atoms with Crippen LogP contribution in [-0.2, 0) is 11.3 Å². The molecule has 1 unspecified atom stereocenters. The van der Waals surface area contributed by atoms with E-state index in [0.29, 0.717) is 5.91 Å². The third-order valence-electron chi connectivity index (χ3n) is 5.19. The van der Waals surface area contributed by atoms with E-state index in [4.69, 9.17) is 0 Å². The van der Waals surface area contributed by atoms with Gasteiger partial charge in [0.05, 0.1) is 5.92 Å². The number of nitrogens with one attached hydrogen (secondary N) is 1. The second kappa shape index (κ2) is 8.60. The lowest BCUT2D eigenvalue weighted by Gasteiger charge is -2.36. The zero-order chi connectivity index (χ0) is 16.8. The van der Waals surface area contributed by atoms with Crippen molar-refractivity contribution in [2.75, 3.05) is 59.4 Å². The van der Waals surface area contributed by atoms with Gasteiger partial charge in [0, 0.05) is 52.4 Å². The van der Waals surface area contributed by atoms with Crippen LogP contribution in [0.1, 0.15) is 12.0 Å². The molecule has 2 fully saturated rings. The van der Waals surface area contributed by atoms with Crippen LogP contribution in [0, 0.1) is 5.92 Å². The van der Waals surface area contributed by atoms with Crippen LogP contribution in [0.15, 0.2) is 30.3 Å². The van der Waals surface area contributed by atoms with Crippen LogP contribution < -0.4 is 5.32 Å². The van der Waals surface area contributed by atoms with Crippen molar-refractivity contribution in [2.24, 2.45) is 5.92 Å². The third kappa shape index (κ3) is 4.79. The minimum Gasteiger partial charge on any atom is -0.340 e. The van der Waals surface area contributed by atoms with Crippen molar-refractivity contribution in [3.05, 3.63) is 35.9 Å². The molecule has 5 nitrogen and oxygen atoms in total. The second-order valence-corrected chi connectivity index (χ2v) is 7.08. The molecule has 132 valence electrons. The SMILES string of the molecule is CN(CCN1CCN(C(=O)C2CCNC2)CC1)Cc1ccccc1. The van der Waals surface area contributed by atoms with Crippen LogP contribution in [-0.4, -0.2) is 80.0 Å². The summed E-state index contributed by atoms with van der Waals surface area (Å²) in [5.74, 6) is 0.578. The molecule has 24 heavy (non-hydrogen) atoms. The van der Waals surface area contributed by atoms with E-state index in [1.54, 1.807) is 0 Å². The van der Waals surface area contributed by atoms with Crippen molar-refractivity contribution in [1.29, 1.82) is 0 Å². The molecule has 2 aliphatic rings. The van der Waals surface area contributed by atoms with Gasteiger partial charge in [0.2, 0.25) is 5.91 Å². The topological polar surface area (TPSA) is 38.8 Å². The lowest BCUT2D eigenvalue weighted by Crippen LogP contribution is -2.51. The number of hydrogen-bond donors (Lipinski definition) is 1. The quantitative estimate of drug-likeness (QED) is 0.840. The average Bonchev–Trinajstić information content (AvgIpc) is 3.15. The van der Waals surface area contributed by atoms with Crippen LogP contribution in [0.4, 0.5) is 0 Å². The molecule has 1 amide bonds. The van der Waals surface area contributed by atoms with Crippen molar-refractivity contribution in [1.82, 2.24) is 20.0 Å². The summed E-state index contributed by atoms with van der Waals surface area (Å²) >= 11 is 0. The summed E-state index contributed by atoms with van der Waals surface area (Å²) in [5.41, 5.74) is 1.36. The minimum atomic E-state index is 0.216. The number of hydrogen-bond acceptors (Lipinski definition) is 4. The number of piperazine rings is 1. The van der Waals surface area contributed by atoms with Crippen molar-refractivity contribution < 1.29 is 4.79 Å². The fourth-order valence-corrected chi connectivity index (χ4v) is 3.60. The Morgan fingerprint density at radius 1 is 1.21 bits per heavy atom. The Labute approximate surface area is 145 Å². The molecule has 0 aliphatic carbocycles. The molecule has 1 N–H and O–H groups in total. The van der Waals surface area contributed by atoms with E-state index < -0.39 is 0 Å². The second-order valence-electron chi connectivity index (χ2n) is 7.08. The molecule has 2 heterocycles. The molecule has 0 spiro atoms. The normalized spacial score (nSPS) is 22.2. The molecular weight excluding hydrogens is 300 g/mol. The Morgan fingerprint density at radius 2 is 1.96 bits per heavy atom. The first-order valence-electron chi connectivity index (χ1n) is 9.17. The molecule has 3 rings (SSSR count). The monoisotopic (exact) mass is 330 g/mol. The zero-order valence-corrected chi connectivity index (χ0v) is 14.8. The van der Waals surface area contributed by atoms with Crippen LogP contribution in [0.3, 0.4) is 0 Å². The van der Waals surface area contributed by atoms with Gasteiger partial charge >= 0.3 is 0 Å². The van der Waals surface area contributed by atoms with E-state index >= 15 is 0 Å². The van der Waals surface area contributed by atoms with Gasteiger partial charge in [-0.25, -0.2) is 0 Å². The van der Waals surface area contributed by atoms with Gasteiger partial charge in [-0.05, 0) is 25.6 Å². The van der Waals surface area contributed by atoms with Crippen LogP contribution >= 0.6 is 0 Å². The summed E-state index contributed by atoms with van der Waals surface area (Å²) in [6.45, 7) is 8.78. The Balaban J connectivity index is 1.35. The van der Waals surface area contributed by atoms with E-state index in [1.165, 1.54) is 5.56 Å². The van der Waals surface area contributed by atoms with E-state index in [9.17, 15) is 4.79 Å². The smallest absolute Gasteiger partial charge is 0.227 e. The standard InChI is InChI=1S/C19H30N4O/c1-21(16-17-5-3-2-4-6-17)9-10-22-11-13-23(14-12-22)19(24)18-7-8-20-15-18/h2-6,18,20H,7-16H2,1H3. The van der Waals surface area contributed by atoms with Crippen LogP contribution in [0.2, 0.25) is 0 Å². The van der Waals surface area contributed by atoms with Gasteiger partial charge in [-0.1, -0.05) is 30.3 Å². The van der Waals surface area contributed by atoms with Gasteiger partial charge < -0.3 is 15.1 Å². The first-order chi connectivity index (χ1) is 11.7. The van der Waals surface area contributed by atoms with Gasteiger partial charge in [0.15, 0.2) is 0 Å². The highest BCUT2D eigenvalue weighted by molar-refractivity contribution is 5.79. The maximum absolute atomic E-state index is 12.4. The molecule has 2 saturated heterocycles. The molecule has 5 heteroatoms. The highest BCUT2D eigenvalue weighted by Gasteiger charge is 2.29. The fourth-order valence-electron chi connectivity index (χ4n) is 3.60. The summed E-state index contributed by atoms with van der Waals surface area (Å²) in [6, 6.07) is 10.6. The first kappa shape index (κ1) is 17.4. The maximum atomic E-state index is 12.4. The van der Waals surface area contributed by atoms with Crippen molar-refractivity contribution in [3.8, 4) is 0 Å². The molecule has 1 aromatic rings. The Bertz CT molecular complexity index is 507. The van der Waals surface area contributed by atoms with Crippen molar-refractivity contribution >= 4 is 5.91 Å². The largest absolute Gasteiger partial charge is 0.340 e. The fraction of sp³-hybridized carbons (Fsp3) is 0.632. The summed E-state index contributed by atoms with van der Waals surface area (Å²) in [4.78, 5) is 19.4. The number of carbonyl (C=O) groups is 1. The molecule has 1 aromatic carbocycles. The van der Waals surface area contributed by atoms with Gasteiger partial charge in [0.1, 0.15) is 0 Å². The summed E-state index contributed by atoms with van der Waals surface area (Å²) < 4.78 is 0. The van der Waals surface area contributed by atoms with Gasteiger partial charge in [-0.3, -0.25) is 9.69 Å². The summed E-state index contributed by atoms with van der Waals surface area (Å²) in [6.07, 6.45) is 1.00. The molecule has 0 saturated carbocycles. The van der Waals surface area contributed by atoms with Crippen LogP contribution in [0.25, 0.3) is 0 Å². The minimum absolute atomic E-state index is 0.216. The molecular formula is C19H30N4O. The van der Waals surface area contributed by atoms with E-state index in [1.807, 2.05) is 0 Å². The number of carbonyl (C=O) groups excluding carboxylic acids is 1. The van der Waals surface area contributed by atoms with Gasteiger partial charge in [-0.2, -0.15) is 0 Å². The highest BCUT2D eigenvalue weighted by Crippen LogP contribution is 2.13. The molecule has 0 bridgehead atoms. The Kier molecular flexibility index (Phi) is 6.24. The number of likely N-dealkylation sites (N-methyl/N-ethyl adjacent to an activating group) is 1. The molecule has 2 aliphatic heterocycles. The third-order valence-corrected chi connectivity index (χ3v) is 5.19. The summed E-state index contributed by atoms with van der Waals surface area (Å²) in [5, 5.41) is 3.29.